The topological polar surface area (TPSA) is 66.8 Å². The zero-order valence-corrected chi connectivity index (χ0v) is 22.9. The first-order chi connectivity index (χ1) is 17.5. The fourth-order valence-corrected chi connectivity index (χ4v) is 5.90. The first kappa shape index (κ1) is 28.2. The van der Waals surface area contributed by atoms with Crippen molar-refractivity contribution in [2.45, 2.75) is 96.9 Å². The minimum absolute atomic E-state index is 0.114. The molecule has 36 heavy (non-hydrogen) atoms. The molecular weight excluding hydrogens is 470 g/mol. The molecule has 1 amide bonds. The first-order valence-corrected chi connectivity index (χ1v) is 14.6. The van der Waals surface area contributed by atoms with Crippen molar-refractivity contribution in [3.63, 3.8) is 0 Å². The Morgan fingerprint density at radius 3 is 2.61 bits per heavy atom. The van der Waals surface area contributed by atoms with Gasteiger partial charge in [0.25, 0.3) is 0 Å². The average molecular weight is 514 g/mol. The summed E-state index contributed by atoms with van der Waals surface area (Å²) in [6.07, 6.45) is 13.3. The van der Waals surface area contributed by atoms with E-state index in [1.165, 1.54) is 44.9 Å². The summed E-state index contributed by atoms with van der Waals surface area (Å²) in [4.78, 5) is 26.6. The van der Waals surface area contributed by atoms with E-state index in [0.717, 1.165) is 52.5 Å². The highest BCUT2D eigenvalue weighted by Crippen LogP contribution is 2.35. The Labute approximate surface area is 220 Å². The van der Waals surface area contributed by atoms with Crippen LogP contribution < -0.4 is 4.74 Å². The van der Waals surface area contributed by atoms with Gasteiger partial charge in [-0.15, -0.1) is 11.3 Å². The minimum atomic E-state index is -0.787. The maximum atomic E-state index is 12.6. The van der Waals surface area contributed by atoms with E-state index in [4.69, 9.17) is 9.84 Å². The normalized spacial score (nSPS) is 13.7. The van der Waals surface area contributed by atoms with Crippen molar-refractivity contribution in [3.8, 4) is 16.9 Å². The molecule has 6 heteroatoms. The van der Waals surface area contributed by atoms with Crippen LogP contribution >= 0.6 is 11.3 Å². The summed E-state index contributed by atoms with van der Waals surface area (Å²) in [6.45, 7) is 3.51. The molecule has 0 spiro atoms. The lowest BCUT2D eigenvalue weighted by Gasteiger charge is -2.16. The Morgan fingerprint density at radius 2 is 1.86 bits per heavy atom. The molecule has 0 radical (unpaired) electrons. The molecule has 0 atom stereocenters. The highest BCUT2D eigenvalue weighted by molar-refractivity contribution is 7.10. The molecule has 0 saturated heterocycles. The standard InChI is InChI=1S/C30H43NO4S/c1-3-4-5-6-7-12-29(32)31(2)21-26-20-25(22-36-26)27-15-13-24(14-16-30(33)34)19-28(27)35-18-17-23-10-8-9-11-23/h13,15,19-20,22-23H,3-12,14,16-18,21H2,1-2H3,(H,33,34). The summed E-state index contributed by atoms with van der Waals surface area (Å²) in [6, 6.07) is 8.23. The van der Waals surface area contributed by atoms with Gasteiger partial charge in [0.15, 0.2) is 0 Å². The number of ether oxygens (including phenoxy) is 1. The fraction of sp³-hybridized carbons (Fsp3) is 0.600. The van der Waals surface area contributed by atoms with Crippen LogP contribution in [0.2, 0.25) is 0 Å². The van der Waals surface area contributed by atoms with E-state index in [2.05, 4.69) is 24.4 Å². The number of aryl methyl sites for hydroxylation is 1. The van der Waals surface area contributed by atoms with Gasteiger partial charge in [-0.1, -0.05) is 70.4 Å². The molecule has 1 aliphatic rings. The lowest BCUT2D eigenvalue weighted by atomic mass is 10.0. The first-order valence-electron chi connectivity index (χ1n) is 13.8. The smallest absolute Gasteiger partial charge is 0.303 e. The molecule has 1 saturated carbocycles. The molecule has 5 nitrogen and oxygen atoms in total. The zero-order chi connectivity index (χ0) is 25.8. The number of nitrogens with zero attached hydrogens (tertiary/aromatic N) is 1. The van der Waals surface area contributed by atoms with Crippen molar-refractivity contribution >= 4 is 23.2 Å². The molecular formula is C30H43NO4S. The number of rotatable bonds is 16. The zero-order valence-electron chi connectivity index (χ0n) is 22.1. The van der Waals surface area contributed by atoms with Crippen LogP contribution in [0.25, 0.3) is 11.1 Å². The molecule has 0 unspecified atom stereocenters. The second-order valence-corrected chi connectivity index (χ2v) is 11.2. The van der Waals surface area contributed by atoms with Crippen molar-refractivity contribution in [2.75, 3.05) is 13.7 Å². The van der Waals surface area contributed by atoms with Crippen LogP contribution in [0.4, 0.5) is 0 Å². The van der Waals surface area contributed by atoms with Gasteiger partial charge in [0, 0.05) is 30.3 Å². The van der Waals surface area contributed by atoms with Gasteiger partial charge in [-0.3, -0.25) is 9.59 Å². The summed E-state index contributed by atoms with van der Waals surface area (Å²) in [5.74, 6) is 1.01. The van der Waals surface area contributed by atoms with Gasteiger partial charge >= 0.3 is 5.97 Å². The van der Waals surface area contributed by atoms with Crippen molar-refractivity contribution in [3.05, 3.63) is 40.1 Å². The number of aliphatic carboxylic acids is 1. The highest BCUT2D eigenvalue weighted by Gasteiger charge is 2.17. The number of benzene rings is 1. The summed E-state index contributed by atoms with van der Waals surface area (Å²) in [5.41, 5.74) is 3.11. The maximum absolute atomic E-state index is 12.6. The quantitative estimate of drug-likeness (QED) is 0.233. The third-order valence-corrected chi connectivity index (χ3v) is 8.13. The predicted molar refractivity (Wildman–Crippen MR) is 148 cm³/mol. The number of hydrogen-bond acceptors (Lipinski definition) is 4. The van der Waals surface area contributed by atoms with Gasteiger partial charge in [-0.05, 0) is 53.8 Å². The van der Waals surface area contributed by atoms with Crippen LogP contribution in [0.3, 0.4) is 0 Å². The van der Waals surface area contributed by atoms with E-state index in [-0.39, 0.29) is 12.3 Å². The predicted octanol–water partition coefficient (Wildman–Crippen LogP) is 7.71. The molecule has 0 bridgehead atoms. The Kier molecular flexibility index (Phi) is 11.8. The fourth-order valence-electron chi connectivity index (χ4n) is 4.96. The van der Waals surface area contributed by atoms with Gasteiger partial charge in [-0.25, -0.2) is 0 Å². The number of carbonyl (C=O) groups is 2. The molecule has 1 aromatic heterocycles. The number of unbranched alkanes of at least 4 members (excludes halogenated alkanes) is 4. The molecule has 1 N–H and O–H groups in total. The van der Waals surface area contributed by atoms with Crippen LogP contribution in [0.1, 0.15) is 94.4 Å². The molecule has 198 valence electrons. The van der Waals surface area contributed by atoms with E-state index < -0.39 is 5.97 Å². The third-order valence-electron chi connectivity index (χ3n) is 7.21. The monoisotopic (exact) mass is 513 g/mol. The van der Waals surface area contributed by atoms with E-state index >= 15 is 0 Å². The lowest BCUT2D eigenvalue weighted by Crippen LogP contribution is -2.25. The van der Waals surface area contributed by atoms with Crippen LogP contribution in [-0.4, -0.2) is 35.5 Å². The third kappa shape index (κ3) is 9.27. The minimum Gasteiger partial charge on any atom is -0.493 e. The Morgan fingerprint density at radius 1 is 1.08 bits per heavy atom. The summed E-state index contributed by atoms with van der Waals surface area (Å²) in [5, 5.41) is 11.2. The van der Waals surface area contributed by atoms with Crippen LogP contribution in [-0.2, 0) is 22.6 Å². The summed E-state index contributed by atoms with van der Waals surface area (Å²) in [7, 11) is 1.89. The number of carboxylic acids is 1. The number of thiophene rings is 1. The van der Waals surface area contributed by atoms with Crippen molar-refractivity contribution in [1.29, 1.82) is 0 Å². The van der Waals surface area contributed by atoms with Gasteiger partial charge in [0.2, 0.25) is 5.91 Å². The van der Waals surface area contributed by atoms with Gasteiger partial charge in [0.1, 0.15) is 5.75 Å². The molecule has 0 aliphatic heterocycles. The number of carbonyl (C=O) groups excluding carboxylic acids is 1. The van der Waals surface area contributed by atoms with Crippen molar-refractivity contribution < 1.29 is 19.4 Å². The van der Waals surface area contributed by atoms with E-state index in [1.807, 2.05) is 24.1 Å². The van der Waals surface area contributed by atoms with E-state index in [0.29, 0.717) is 26.0 Å². The molecule has 3 rings (SSSR count). The molecule has 1 fully saturated rings. The Bertz CT molecular complexity index is 964. The largest absolute Gasteiger partial charge is 0.493 e. The Balaban J connectivity index is 1.63. The second-order valence-electron chi connectivity index (χ2n) is 10.2. The molecule has 1 aromatic carbocycles. The van der Waals surface area contributed by atoms with Gasteiger partial charge in [-0.2, -0.15) is 0 Å². The molecule has 1 aliphatic carbocycles. The lowest BCUT2D eigenvalue weighted by molar-refractivity contribution is -0.137. The number of amides is 1. The average Bonchev–Trinajstić information content (AvgIpc) is 3.55. The SMILES string of the molecule is CCCCCCCC(=O)N(C)Cc1cc(-c2ccc(CCC(=O)O)cc2OCCC2CCCC2)cs1. The van der Waals surface area contributed by atoms with Gasteiger partial charge in [0.05, 0.1) is 13.2 Å². The number of hydrogen-bond donors (Lipinski definition) is 1. The Hall–Kier alpha value is -2.34. The van der Waals surface area contributed by atoms with Gasteiger partial charge < -0.3 is 14.7 Å². The van der Waals surface area contributed by atoms with Crippen LogP contribution in [0, 0.1) is 5.92 Å². The van der Waals surface area contributed by atoms with E-state index in [9.17, 15) is 9.59 Å². The van der Waals surface area contributed by atoms with Crippen molar-refractivity contribution in [1.82, 2.24) is 4.90 Å². The maximum Gasteiger partial charge on any atom is 0.303 e. The van der Waals surface area contributed by atoms with E-state index in [1.54, 1.807) is 11.3 Å². The van der Waals surface area contributed by atoms with Crippen molar-refractivity contribution in [2.24, 2.45) is 5.92 Å². The van der Waals surface area contributed by atoms with Crippen LogP contribution in [0.5, 0.6) is 5.75 Å². The summed E-state index contributed by atoms with van der Waals surface area (Å²) < 4.78 is 6.29. The second kappa shape index (κ2) is 15.0. The summed E-state index contributed by atoms with van der Waals surface area (Å²) >= 11 is 1.67. The number of carboxylic acid groups (broad SMARTS) is 1. The van der Waals surface area contributed by atoms with Crippen LogP contribution in [0.15, 0.2) is 29.6 Å². The molecule has 1 heterocycles. The highest BCUT2D eigenvalue weighted by atomic mass is 32.1. The molecule has 2 aromatic rings.